The van der Waals surface area contributed by atoms with Crippen LogP contribution in [0.5, 0.6) is 5.75 Å². The molecule has 0 radical (unpaired) electrons. The van der Waals surface area contributed by atoms with Gasteiger partial charge in [0, 0.05) is 12.1 Å². The number of aromatic carboxylic acids is 1. The Kier molecular flexibility index (Phi) is 5.45. The Hall–Kier alpha value is -3.94. The molecule has 3 N–H and O–H groups in total. The van der Waals surface area contributed by atoms with Crippen molar-refractivity contribution in [2.75, 3.05) is 5.32 Å². The summed E-state index contributed by atoms with van der Waals surface area (Å²) in [6.45, 7) is 3.35. The van der Waals surface area contributed by atoms with E-state index in [2.05, 4.69) is 10.4 Å². The third-order valence-electron chi connectivity index (χ3n) is 4.36. The topological polar surface area (TPSA) is 122 Å². The number of hydrogen-bond acceptors (Lipinski definition) is 6. The van der Waals surface area contributed by atoms with Crippen LogP contribution in [0.3, 0.4) is 0 Å². The van der Waals surface area contributed by atoms with Gasteiger partial charge in [0.1, 0.15) is 17.1 Å². The average molecular weight is 393 g/mol. The molecular formula is C21H19N3O5. The van der Waals surface area contributed by atoms with Crippen LogP contribution in [0.25, 0.3) is 11.3 Å². The van der Waals surface area contributed by atoms with Gasteiger partial charge in [0.05, 0.1) is 16.8 Å². The first-order valence-corrected chi connectivity index (χ1v) is 8.88. The lowest BCUT2D eigenvalue weighted by Crippen LogP contribution is -2.28. The van der Waals surface area contributed by atoms with E-state index in [4.69, 9.17) is 5.11 Å². The van der Waals surface area contributed by atoms with Crippen LogP contribution in [0.4, 0.5) is 11.4 Å². The summed E-state index contributed by atoms with van der Waals surface area (Å²) < 4.78 is 1.22. The number of hydrogen-bond donors (Lipinski definition) is 3. The molecule has 0 aliphatic rings. The van der Waals surface area contributed by atoms with Crippen LogP contribution in [-0.4, -0.2) is 31.7 Å². The number of carboxylic acid groups (broad SMARTS) is 1. The van der Waals surface area contributed by atoms with Gasteiger partial charge in [-0.25, -0.2) is 9.48 Å². The van der Waals surface area contributed by atoms with Crippen molar-refractivity contribution in [3.63, 3.8) is 0 Å². The zero-order chi connectivity index (χ0) is 21.1. The van der Waals surface area contributed by atoms with Gasteiger partial charge in [-0.2, -0.15) is 5.10 Å². The Bertz CT molecular complexity index is 1150. The molecule has 1 aromatic heterocycles. The van der Waals surface area contributed by atoms with Crippen molar-refractivity contribution in [3.05, 3.63) is 70.0 Å². The summed E-state index contributed by atoms with van der Waals surface area (Å²) in [5.41, 5.74) is 0.517. The monoisotopic (exact) mass is 393 g/mol. The first-order chi connectivity index (χ1) is 13.8. The highest BCUT2D eigenvalue weighted by Crippen LogP contribution is 2.31. The second-order valence-electron chi connectivity index (χ2n) is 6.30. The van der Waals surface area contributed by atoms with Crippen LogP contribution in [0.1, 0.15) is 34.6 Å². The Morgan fingerprint density at radius 2 is 1.83 bits per heavy atom. The van der Waals surface area contributed by atoms with E-state index in [0.717, 1.165) is 6.07 Å². The number of carboxylic acids is 1. The first kappa shape index (κ1) is 19.8. The highest BCUT2D eigenvalue weighted by Gasteiger charge is 2.22. The molecule has 3 rings (SSSR count). The van der Waals surface area contributed by atoms with Gasteiger partial charge in [0.25, 0.3) is 5.56 Å². The Morgan fingerprint density at radius 1 is 1.14 bits per heavy atom. The Morgan fingerprint density at radius 3 is 2.38 bits per heavy atom. The van der Waals surface area contributed by atoms with Crippen LogP contribution in [0.2, 0.25) is 0 Å². The Balaban J connectivity index is 2.24. The van der Waals surface area contributed by atoms with Gasteiger partial charge in [-0.05, 0) is 32.0 Å². The molecule has 0 bridgehead atoms. The van der Waals surface area contributed by atoms with E-state index in [-0.39, 0.29) is 40.6 Å². The van der Waals surface area contributed by atoms with Crippen molar-refractivity contribution >= 4 is 23.1 Å². The normalized spacial score (nSPS) is 10.6. The minimum absolute atomic E-state index is 0.0356. The molecule has 8 heteroatoms. The van der Waals surface area contributed by atoms with E-state index in [9.17, 15) is 19.5 Å². The number of phenolic OH excluding ortho intramolecular Hbond substituents is 1. The molecule has 2 aromatic carbocycles. The molecule has 0 saturated heterocycles. The quantitative estimate of drug-likeness (QED) is 0.434. The fourth-order valence-electron chi connectivity index (χ4n) is 2.95. The van der Waals surface area contributed by atoms with Crippen molar-refractivity contribution in [1.29, 1.82) is 0 Å². The molecule has 0 saturated carbocycles. The van der Waals surface area contributed by atoms with Gasteiger partial charge < -0.3 is 15.5 Å². The minimum Gasteiger partial charge on any atom is -0.506 e. The van der Waals surface area contributed by atoms with E-state index in [1.165, 1.54) is 23.7 Å². The lowest BCUT2D eigenvalue weighted by atomic mass is 10.0. The van der Waals surface area contributed by atoms with Crippen molar-refractivity contribution in [1.82, 2.24) is 9.78 Å². The van der Waals surface area contributed by atoms with Crippen LogP contribution in [0.15, 0.2) is 53.3 Å². The number of aryl methyl sites for hydroxylation is 1. The number of nitrogens with zero attached hydrogens (tertiary/aromatic N) is 2. The molecule has 8 nitrogen and oxygen atoms in total. The summed E-state index contributed by atoms with van der Waals surface area (Å²) >= 11 is 0. The number of Topliss-reactive ketones (excluding diaryl/α,β-unsaturated/α-hetero) is 1. The predicted octanol–water partition coefficient (Wildman–Crippen LogP) is 3.28. The highest BCUT2D eigenvalue weighted by molar-refractivity contribution is 6.05. The molecule has 0 fully saturated rings. The summed E-state index contributed by atoms with van der Waals surface area (Å²) in [5.74, 6) is -1.93. The molecule has 29 heavy (non-hydrogen) atoms. The zero-order valence-corrected chi connectivity index (χ0v) is 15.8. The second-order valence-corrected chi connectivity index (χ2v) is 6.30. The molecule has 0 aliphatic heterocycles. The van der Waals surface area contributed by atoms with Crippen LogP contribution >= 0.6 is 0 Å². The second kappa shape index (κ2) is 7.97. The molecule has 0 spiro atoms. The fraction of sp³-hybridized carbons (Fsp3) is 0.143. The largest absolute Gasteiger partial charge is 0.506 e. The lowest BCUT2D eigenvalue weighted by molar-refractivity contribution is 0.0696. The third-order valence-corrected chi connectivity index (χ3v) is 4.36. The first-order valence-electron chi connectivity index (χ1n) is 8.88. The number of carbonyl (C=O) groups excluding carboxylic acids is 1. The molecule has 3 aromatic rings. The zero-order valence-electron chi connectivity index (χ0n) is 15.8. The SMILES string of the molecule is CCn1nc(-c2ccccc2)c(C(C)=O)c(Nc2ccc(C(=O)O)cc2O)c1=O. The van der Waals surface area contributed by atoms with E-state index in [0.29, 0.717) is 11.3 Å². The molecule has 0 amide bonds. The fourth-order valence-corrected chi connectivity index (χ4v) is 2.95. The molecule has 1 heterocycles. The maximum atomic E-state index is 12.9. The van der Waals surface area contributed by atoms with Crippen LogP contribution < -0.4 is 10.9 Å². The number of nitrogens with one attached hydrogen (secondary N) is 1. The van der Waals surface area contributed by atoms with Crippen LogP contribution in [0, 0.1) is 0 Å². The summed E-state index contributed by atoms with van der Waals surface area (Å²) in [4.78, 5) is 36.4. The predicted molar refractivity (Wildman–Crippen MR) is 108 cm³/mol. The van der Waals surface area contributed by atoms with Crippen molar-refractivity contribution in [3.8, 4) is 17.0 Å². The lowest BCUT2D eigenvalue weighted by Gasteiger charge is -2.16. The van der Waals surface area contributed by atoms with Gasteiger partial charge in [-0.3, -0.25) is 9.59 Å². The molecule has 0 aliphatic carbocycles. The smallest absolute Gasteiger partial charge is 0.335 e. The number of phenols is 1. The van der Waals surface area contributed by atoms with E-state index in [1.807, 2.05) is 6.07 Å². The summed E-state index contributed by atoms with van der Waals surface area (Å²) in [7, 11) is 0. The number of aromatic hydroxyl groups is 1. The molecule has 148 valence electrons. The number of anilines is 2. The Labute approximate surface area is 166 Å². The summed E-state index contributed by atoms with van der Waals surface area (Å²) in [6, 6.07) is 12.7. The van der Waals surface area contributed by atoms with E-state index in [1.54, 1.807) is 31.2 Å². The molecule has 0 unspecified atom stereocenters. The number of carbonyl (C=O) groups is 2. The van der Waals surface area contributed by atoms with Crippen molar-refractivity contribution in [2.24, 2.45) is 0 Å². The standard InChI is InChI=1S/C21H19N3O5/c1-3-24-20(27)19(22-15-10-9-14(21(28)29)11-16(15)26)17(12(2)25)18(23-24)13-7-5-4-6-8-13/h4-11,22,26H,3H2,1-2H3,(H,28,29). The number of rotatable bonds is 6. The van der Waals surface area contributed by atoms with Crippen molar-refractivity contribution < 1.29 is 19.8 Å². The number of aromatic nitrogens is 2. The molecular weight excluding hydrogens is 374 g/mol. The van der Waals surface area contributed by atoms with Gasteiger partial charge in [-0.1, -0.05) is 30.3 Å². The maximum absolute atomic E-state index is 12.9. The number of benzene rings is 2. The van der Waals surface area contributed by atoms with Gasteiger partial charge >= 0.3 is 5.97 Å². The molecule has 0 atom stereocenters. The average Bonchev–Trinajstić information content (AvgIpc) is 2.70. The van der Waals surface area contributed by atoms with Gasteiger partial charge in [0.2, 0.25) is 0 Å². The van der Waals surface area contributed by atoms with E-state index >= 15 is 0 Å². The van der Waals surface area contributed by atoms with Gasteiger partial charge in [-0.15, -0.1) is 0 Å². The number of ketones is 1. The highest BCUT2D eigenvalue weighted by atomic mass is 16.4. The minimum atomic E-state index is -1.19. The maximum Gasteiger partial charge on any atom is 0.335 e. The summed E-state index contributed by atoms with van der Waals surface area (Å²) in [6.07, 6.45) is 0. The van der Waals surface area contributed by atoms with Crippen LogP contribution in [-0.2, 0) is 6.54 Å². The van der Waals surface area contributed by atoms with Crippen molar-refractivity contribution in [2.45, 2.75) is 20.4 Å². The van der Waals surface area contributed by atoms with E-state index < -0.39 is 11.5 Å². The van der Waals surface area contributed by atoms with Gasteiger partial charge in [0.15, 0.2) is 5.78 Å². The summed E-state index contributed by atoms with van der Waals surface area (Å²) in [5, 5.41) is 26.4. The third kappa shape index (κ3) is 3.86.